The van der Waals surface area contributed by atoms with Crippen molar-refractivity contribution < 1.29 is 9.90 Å². The van der Waals surface area contributed by atoms with Crippen LogP contribution in [0.5, 0.6) is 0 Å². The molecule has 7 heteroatoms. The van der Waals surface area contributed by atoms with Crippen molar-refractivity contribution in [1.82, 2.24) is 9.74 Å². The number of hydrogen-bond acceptors (Lipinski definition) is 5. The maximum atomic E-state index is 12.5. The highest BCUT2D eigenvalue weighted by Gasteiger charge is 2.66. The highest BCUT2D eigenvalue weighted by Crippen LogP contribution is 2.56. The van der Waals surface area contributed by atoms with Gasteiger partial charge in [0, 0.05) is 24.8 Å². The Bertz CT molecular complexity index is 403. The molecule has 3 aliphatic heterocycles. The number of aliphatic hydroxyl groups excluding tert-OH is 1. The number of carbonyl (C=O) groups is 1. The van der Waals surface area contributed by atoms with Gasteiger partial charge in [-0.2, -0.15) is 0 Å². The second-order valence-electron chi connectivity index (χ2n) is 5.18. The van der Waals surface area contributed by atoms with E-state index >= 15 is 0 Å². The maximum absolute atomic E-state index is 12.5. The predicted octanol–water partition coefficient (Wildman–Crippen LogP) is 1.40. The molecule has 0 aromatic heterocycles. The first-order valence-corrected chi connectivity index (χ1v) is 8.81. The summed E-state index contributed by atoms with van der Waals surface area (Å²) in [6, 6.07) is 0. The van der Waals surface area contributed by atoms with Crippen LogP contribution in [0.1, 0.15) is 12.8 Å². The highest BCUT2D eigenvalue weighted by atomic mass is 35.5. The molecule has 3 heterocycles. The molecule has 0 spiro atoms. The summed E-state index contributed by atoms with van der Waals surface area (Å²) in [4.78, 5) is 16.2. The Morgan fingerprint density at radius 2 is 2.26 bits per heavy atom. The molecule has 2 saturated heterocycles. The quantitative estimate of drug-likeness (QED) is 0.606. The van der Waals surface area contributed by atoms with E-state index in [1.54, 1.807) is 11.8 Å². The molecule has 0 radical (unpaired) electrons. The number of carbonyl (C=O) groups excluding carboxylic acids is 1. The summed E-state index contributed by atoms with van der Waals surface area (Å²) in [5.41, 5.74) is 0. The molecule has 0 aromatic carbocycles. The Morgan fingerprint density at radius 1 is 1.53 bits per heavy atom. The molecule has 2 N–H and O–H groups in total. The van der Waals surface area contributed by atoms with Gasteiger partial charge in [0.15, 0.2) is 4.87 Å². The van der Waals surface area contributed by atoms with Crippen molar-refractivity contribution in [3.63, 3.8) is 0 Å². The van der Waals surface area contributed by atoms with Gasteiger partial charge < -0.3 is 10.0 Å². The Kier molecular flexibility index (Phi) is 4.06. The van der Waals surface area contributed by atoms with Crippen LogP contribution in [0.3, 0.4) is 0 Å². The lowest BCUT2D eigenvalue weighted by atomic mass is 9.98. The van der Waals surface area contributed by atoms with E-state index in [4.69, 9.17) is 11.8 Å². The molecule has 0 aliphatic carbocycles. The number of hydrogen-bond donors (Lipinski definition) is 2. The van der Waals surface area contributed by atoms with E-state index < -0.39 is 11.0 Å². The predicted molar refractivity (Wildman–Crippen MR) is 80.0 cm³/mol. The number of thioether (sulfide) groups is 2. The van der Waals surface area contributed by atoms with Crippen molar-refractivity contribution in [2.75, 3.05) is 18.8 Å². The monoisotopic (exact) mass is 320 g/mol. The summed E-state index contributed by atoms with van der Waals surface area (Å²) in [6.07, 6.45) is 3.62. The number of nitrogens with zero attached hydrogens (tertiary/aromatic N) is 1. The molecule has 3 rings (SSSR count). The first kappa shape index (κ1) is 14.1. The number of aliphatic hydroxyl groups is 1. The first-order valence-electron chi connectivity index (χ1n) is 6.50. The molecule has 2 fully saturated rings. The normalized spacial score (nSPS) is 38.7. The van der Waals surface area contributed by atoms with E-state index in [0.29, 0.717) is 0 Å². The molecule has 3 aliphatic rings. The smallest absolute Gasteiger partial charge is 0.255 e. The SMILES string of the molecule is O=C(N1CCCC1)[C@@]1(NCl)SC1[C@H](O)C1C=CSC1. The van der Waals surface area contributed by atoms with E-state index in [-0.39, 0.29) is 17.1 Å². The zero-order chi connectivity index (χ0) is 13.5. The second kappa shape index (κ2) is 5.48. The topological polar surface area (TPSA) is 52.6 Å². The average molecular weight is 321 g/mol. The van der Waals surface area contributed by atoms with Crippen LogP contribution in [-0.2, 0) is 4.79 Å². The molecule has 106 valence electrons. The zero-order valence-corrected chi connectivity index (χ0v) is 12.8. The molecular formula is C12H17ClN2O2S2. The van der Waals surface area contributed by atoms with E-state index in [2.05, 4.69) is 4.84 Å². The lowest BCUT2D eigenvalue weighted by Crippen LogP contribution is -2.49. The van der Waals surface area contributed by atoms with Crippen LogP contribution in [0.25, 0.3) is 0 Å². The molecule has 1 amide bonds. The van der Waals surface area contributed by atoms with Crippen molar-refractivity contribution >= 4 is 41.2 Å². The largest absolute Gasteiger partial charge is 0.391 e. The molecule has 4 atom stereocenters. The van der Waals surface area contributed by atoms with Crippen molar-refractivity contribution in [3.8, 4) is 0 Å². The van der Waals surface area contributed by atoms with Gasteiger partial charge in [-0.25, -0.2) is 4.84 Å². The summed E-state index contributed by atoms with van der Waals surface area (Å²) in [6.45, 7) is 1.61. The standard InChI is InChI=1S/C12H17ClN2O2S2/c13-14-12(11(17)15-4-1-2-5-15)10(19-12)9(16)8-3-6-18-7-8/h3,6,8-10,14,16H,1-2,4-5,7H2/t8?,9-,10?,12+/m1/s1. The van der Waals surface area contributed by atoms with Crippen LogP contribution in [0, 0.1) is 5.92 Å². The summed E-state index contributed by atoms with van der Waals surface area (Å²) < 4.78 is 0. The van der Waals surface area contributed by atoms with E-state index in [9.17, 15) is 9.90 Å². The minimum atomic E-state index is -0.813. The van der Waals surface area contributed by atoms with Gasteiger partial charge in [-0.3, -0.25) is 4.79 Å². The van der Waals surface area contributed by atoms with E-state index in [0.717, 1.165) is 31.7 Å². The molecule has 0 aromatic rings. The third kappa shape index (κ3) is 2.42. The fourth-order valence-electron chi connectivity index (χ4n) is 2.74. The highest BCUT2D eigenvalue weighted by molar-refractivity contribution is 8.09. The molecule has 2 unspecified atom stereocenters. The van der Waals surface area contributed by atoms with Crippen molar-refractivity contribution in [2.45, 2.75) is 29.1 Å². The Hall–Kier alpha value is 0.120. The van der Waals surface area contributed by atoms with Gasteiger partial charge >= 0.3 is 0 Å². The van der Waals surface area contributed by atoms with Crippen LogP contribution in [-0.4, -0.2) is 51.0 Å². The lowest BCUT2D eigenvalue weighted by molar-refractivity contribution is -0.132. The van der Waals surface area contributed by atoms with Crippen molar-refractivity contribution in [1.29, 1.82) is 0 Å². The molecule has 19 heavy (non-hydrogen) atoms. The van der Waals surface area contributed by atoms with Gasteiger partial charge in [0.1, 0.15) is 0 Å². The van der Waals surface area contributed by atoms with Crippen molar-refractivity contribution in [2.24, 2.45) is 5.92 Å². The average Bonchev–Trinajstić information content (AvgIpc) is 2.87. The van der Waals surface area contributed by atoms with Gasteiger partial charge in [0.05, 0.1) is 11.4 Å². The lowest BCUT2D eigenvalue weighted by Gasteiger charge is -2.23. The van der Waals surface area contributed by atoms with Crippen LogP contribution < -0.4 is 4.84 Å². The maximum Gasteiger partial charge on any atom is 0.255 e. The minimum absolute atomic E-state index is 0.0312. The zero-order valence-electron chi connectivity index (χ0n) is 10.4. The summed E-state index contributed by atoms with van der Waals surface area (Å²) in [5.74, 6) is 1.04. The third-order valence-electron chi connectivity index (χ3n) is 3.97. The van der Waals surface area contributed by atoms with E-state index in [1.165, 1.54) is 11.8 Å². The van der Waals surface area contributed by atoms with Crippen LogP contribution in [0.15, 0.2) is 11.5 Å². The molecular weight excluding hydrogens is 304 g/mol. The Morgan fingerprint density at radius 3 is 2.84 bits per heavy atom. The van der Waals surface area contributed by atoms with Crippen LogP contribution >= 0.6 is 35.3 Å². The Labute approximate surface area is 126 Å². The molecule has 0 saturated carbocycles. The summed E-state index contributed by atoms with van der Waals surface area (Å²) in [7, 11) is 0. The number of likely N-dealkylation sites (tertiary alicyclic amines) is 1. The minimum Gasteiger partial charge on any atom is -0.391 e. The number of amides is 1. The number of rotatable bonds is 4. The van der Waals surface area contributed by atoms with Gasteiger partial charge in [-0.05, 0) is 30.0 Å². The van der Waals surface area contributed by atoms with E-state index in [1.807, 2.05) is 16.4 Å². The van der Waals surface area contributed by atoms with Gasteiger partial charge in [0.2, 0.25) is 0 Å². The van der Waals surface area contributed by atoms with Crippen molar-refractivity contribution in [3.05, 3.63) is 11.5 Å². The summed E-state index contributed by atoms with van der Waals surface area (Å²) in [5, 5.41) is 12.3. The van der Waals surface area contributed by atoms with Gasteiger partial charge in [-0.15, -0.1) is 23.5 Å². The summed E-state index contributed by atoms with van der Waals surface area (Å²) >= 11 is 8.97. The van der Waals surface area contributed by atoms with Crippen LogP contribution in [0.4, 0.5) is 0 Å². The van der Waals surface area contributed by atoms with Gasteiger partial charge in [0.25, 0.3) is 5.91 Å². The fourth-order valence-corrected chi connectivity index (χ4v) is 5.33. The van der Waals surface area contributed by atoms with Gasteiger partial charge in [-0.1, -0.05) is 6.08 Å². The van der Waals surface area contributed by atoms with Crippen LogP contribution in [0.2, 0.25) is 0 Å². The number of nitrogens with one attached hydrogen (secondary N) is 1. The first-order chi connectivity index (χ1) is 9.19. The Balaban J connectivity index is 1.68. The third-order valence-corrected chi connectivity index (χ3v) is 6.84. The second-order valence-corrected chi connectivity index (χ2v) is 7.70. The fraction of sp³-hybridized carbons (Fsp3) is 0.750. The number of halogens is 1. The molecule has 0 bridgehead atoms. The molecule has 4 nitrogen and oxygen atoms in total.